The molecule has 1 aliphatic carbocycles. The molecule has 1 N–H and O–H groups in total. The minimum absolute atomic E-state index is 0.0345. The number of esters is 1. The van der Waals surface area contributed by atoms with Crippen molar-refractivity contribution in [2.45, 2.75) is 44.9 Å². The molecule has 0 saturated heterocycles. The lowest BCUT2D eigenvalue weighted by molar-refractivity contribution is -0.139. The molecule has 9 heteroatoms. The van der Waals surface area contributed by atoms with Gasteiger partial charge in [-0.15, -0.1) is 0 Å². The normalized spacial score (nSPS) is 18.8. The zero-order valence-electron chi connectivity index (χ0n) is 23.1. The molecule has 2 aliphatic rings. The van der Waals surface area contributed by atoms with Crippen molar-refractivity contribution in [2.24, 2.45) is 0 Å². The van der Waals surface area contributed by atoms with Gasteiger partial charge < -0.3 is 29.0 Å². The first-order valence-corrected chi connectivity index (χ1v) is 13.6. The summed E-state index contributed by atoms with van der Waals surface area (Å²) in [6.45, 7) is 4.08. The van der Waals surface area contributed by atoms with Gasteiger partial charge in [0.2, 0.25) is 0 Å². The number of carbonyl (C=O) groups excluding carboxylic acids is 2. The van der Waals surface area contributed by atoms with Gasteiger partial charge in [-0.25, -0.2) is 4.79 Å². The number of methoxy groups -OCH3 is 4. The zero-order valence-corrected chi connectivity index (χ0v) is 24.7. The van der Waals surface area contributed by atoms with Crippen LogP contribution in [0.25, 0.3) is 0 Å². The van der Waals surface area contributed by atoms with Gasteiger partial charge in [0.25, 0.3) is 0 Å². The summed E-state index contributed by atoms with van der Waals surface area (Å²) in [6, 6.07) is 9.43. The smallest absolute Gasteiger partial charge is 0.336 e. The summed E-state index contributed by atoms with van der Waals surface area (Å²) in [5, 5.41) is 3.39. The Morgan fingerprint density at radius 2 is 1.64 bits per heavy atom. The van der Waals surface area contributed by atoms with Gasteiger partial charge in [0.1, 0.15) is 0 Å². The fraction of sp³-hybridized carbons (Fsp3) is 0.400. The minimum atomic E-state index is -0.624. The predicted molar refractivity (Wildman–Crippen MR) is 151 cm³/mol. The second kappa shape index (κ2) is 12.2. The molecular weight excluding hydrogens is 566 g/mol. The van der Waals surface area contributed by atoms with Crippen LogP contribution in [0.3, 0.4) is 0 Å². The molecule has 0 aromatic heterocycles. The molecule has 0 bridgehead atoms. The Kier molecular flexibility index (Phi) is 8.90. The van der Waals surface area contributed by atoms with E-state index in [0.717, 1.165) is 16.8 Å². The zero-order chi connectivity index (χ0) is 28.3. The highest BCUT2D eigenvalue weighted by atomic mass is 79.9. The number of carbonyl (C=O) groups is 2. The van der Waals surface area contributed by atoms with Crippen molar-refractivity contribution in [2.75, 3.05) is 35.0 Å². The SMILES string of the molecule is CCCOC(=O)C1=C(C)NC2=C(C(=O)C[C@@H](c3ccc(OC)c(OC)c3)C2)[C@H]1c1cc(Br)c(OC)c(OC)c1. The van der Waals surface area contributed by atoms with Crippen LogP contribution in [-0.2, 0) is 14.3 Å². The summed E-state index contributed by atoms with van der Waals surface area (Å²) in [6.07, 6.45) is 1.57. The van der Waals surface area contributed by atoms with Crippen molar-refractivity contribution in [3.63, 3.8) is 0 Å². The summed E-state index contributed by atoms with van der Waals surface area (Å²) in [5.41, 5.74) is 4.15. The summed E-state index contributed by atoms with van der Waals surface area (Å²) < 4.78 is 28.2. The van der Waals surface area contributed by atoms with E-state index in [1.807, 2.05) is 44.2 Å². The van der Waals surface area contributed by atoms with Crippen LogP contribution >= 0.6 is 15.9 Å². The topological polar surface area (TPSA) is 92.3 Å². The van der Waals surface area contributed by atoms with Gasteiger partial charge in [0.15, 0.2) is 28.8 Å². The van der Waals surface area contributed by atoms with Crippen molar-refractivity contribution >= 4 is 27.7 Å². The van der Waals surface area contributed by atoms with Crippen LogP contribution < -0.4 is 24.3 Å². The molecule has 2 aromatic rings. The third kappa shape index (κ3) is 5.50. The molecule has 0 radical (unpaired) electrons. The Hall–Kier alpha value is -3.46. The Morgan fingerprint density at radius 1 is 0.949 bits per heavy atom. The number of halogens is 1. The van der Waals surface area contributed by atoms with E-state index in [9.17, 15) is 9.59 Å². The van der Waals surface area contributed by atoms with E-state index in [1.54, 1.807) is 28.4 Å². The monoisotopic (exact) mass is 599 g/mol. The first-order chi connectivity index (χ1) is 18.8. The quantitative estimate of drug-likeness (QED) is 0.362. The van der Waals surface area contributed by atoms with Crippen LogP contribution in [0.1, 0.15) is 56.1 Å². The number of benzene rings is 2. The third-order valence-electron chi connectivity index (χ3n) is 7.15. The number of hydrogen-bond acceptors (Lipinski definition) is 8. The maximum atomic E-state index is 13.9. The van der Waals surface area contributed by atoms with Crippen LogP contribution in [-0.4, -0.2) is 46.8 Å². The highest BCUT2D eigenvalue weighted by Crippen LogP contribution is 2.49. The molecule has 0 fully saturated rings. The fourth-order valence-electron chi connectivity index (χ4n) is 5.36. The number of Topliss-reactive ketones (excluding diaryl/α,β-unsaturated/α-hetero) is 1. The largest absolute Gasteiger partial charge is 0.493 e. The van der Waals surface area contributed by atoms with E-state index in [-0.39, 0.29) is 18.1 Å². The van der Waals surface area contributed by atoms with Crippen molar-refractivity contribution < 1.29 is 33.3 Å². The van der Waals surface area contributed by atoms with Gasteiger partial charge in [-0.1, -0.05) is 13.0 Å². The van der Waals surface area contributed by atoms with Crippen molar-refractivity contribution in [3.8, 4) is 23.0 Å². The molecule has 2 aromatic carbocycles. The van der Waals surface area contributed by atoms with E-state index in [4.69, 9.17) is 23.7 Å². The minimum Gasteiger partial charge on any atom is -0.493 e. The average molecular weight is 601 g/mol. The number of dihydropyridines is 1. The number of hydrogen-bond donors (Lipinski definition) is 1. The first kappa shape index (κ1) is 28.5. The maximum Gasteiger partial charge on any atom is 0.336 e. The molecule has 2 atom stereocenters. The number of ketones is 1. The van der Waals surface area contributed by atoms with Gasteiger partial charge in [0, 0.05) is 29.3 Å². The lowest BCUT2D eigenvalue weighted by Crippen LogP contribution is -2.36. The van der Waals surface area contributed by atoms with Crippen molar-refractivity contribution in [1.29, 1.82) is 0 Å². The first-order valence-electron chi connectivity index (χ1n) is 12.8. The molecule has 4 rings (SSSR count). The van der Waals surface area contributed by atoms with Gasteiger partial charge >= 0.3 is 5.97 Å². The summed E-state index contributed by atoms with van der Waals surface area (Å²) in [4.78, 5) is 27.3. The number of rotatable bonds is 9. The van der Waals surface area contributed by atoms with Crippen molar-refractivity contribution in [3.05, 3.63) is 68.5 Å². The Bertz CT molecular complexity index is 1350. The Labute approximate surface area is 237 Å². The predicted octanol–water partition coefficient (Wildman–Crippen LogP) is 5.80. The standard InChI is InChI=1S/C30H34BrNO7/c1-7-10-39-30(34)26-16(2)32-21-12-18(17-8-9-23(35-3)24(14-17)36-4)13-22(33)28(21)27(26)19-11-20(31)29(38-6)25(15-19)37-5/h8-9,11,14-15,18,27,32H,7,10,12-13H2,1-6H3/t18-,27-/m0/s1. The number of allylic oxidation sites excluding steroid dienone is 3. The van der Waals surface area contributed by atoms with Gasteiger partial charge in [-0.3, -0.25) is 4.79 Å². The summed E-state index contributed by atoms with van der Waals surface area (Å²) in [7, 11) is 6.30. The molecule has 39 heavy (non-hydrogen) atoms. The Balaban J connectivity index is 1.83. The van der Waals surface area contributed by atoms with Gasteiger partial charge in [0.05, 0.1) is 45.1 Å². The van der Waals surface area contributed by atoms with Crippen LogP contribution in [0.2, 0.25) is 0 Å². The molecule has 0 amide bonds. The molecule has 208 valence electrons. The molecule has 1 heterocycles. The Morgan fingerprint density at radius 3 is 2.28 bits per heavy atom. The number of nitrogens with one attached hydrogen (secondary N) is 1. The van der Waals surface area contributed by atoms with E-state index < -0.39 is 11.9 Å². The van der Waals surface area contributed by atoms with Crippen LogP contribution in [0.4, 0.5) is 0 Å². The van der Waals surface area contributed by atoms with E-state index in [2.05, 4.69) is 21.2 Å². The lowest BCUT2D eigenvalue weighted by Gasteiger charge is -2.37. The van der Waals surface area contributed by atoms with Crippen LogP contribution in [0.5, 0.6) is 23.0 Å². The molecule has 0 unspecified atom stereocenters. The highest BCUT2D eigenvalue weighted by Gasteiger charge is 2.42. The second-order valence-corrected chi connectivity index (χ2v) is 10.4. The van der Waals surface area contributed by atoms with Gasteiger partial charge in [-0.2, -0.15) is 0 Å². The highest BCUT2D eigenvalue weighted by molar-refractivity contribution is 9.10. The molecule has 1 aliphatic heterocycles. The van der Waals surface area contributed by atoms with Gasteiger partial charge in [-0.05, 0) is 77.0 Å². The average Bonchev–Trinajstić information content (AvgIpc) is 2.93. The molecule has 0 spiro atoms. The summed E-state index contributed by atoms with van der Waals surface area (Å²) >= 11 is 3.57. The fourth-order valence-corrected chi connectivity index (χ4v) is 5.98. The lowest BCUT2D eigenvalue weighted by atomic mass is 9.71. The van der Waals surface area contributed by atoms with E-state index in [0.29, 0.717) is 63.8 Å². The summed E-state index contributed by atoms with van der Waals surface area (Å²) in [5.74, 6) is 1.10. The van der Waals surface area contributed by atoms with E-state index in [1.165, 1.54) is 0 Å². The molecule has 8 nitrogen and oxygen atoms in total. The third-order valence-corrected chi connectivity index (χ3v) is 7.74. The number of ether oxygens (including phenoxy) is 5. The van der Waals surface area contributed by atoms with Crippen molar-refractivity contribution in [1.82, 2.24) is 5.32 Å². The molecular formula is C30H34BrNO7. The van der Waals surface area contributed by atoms with Crippen LogP contribution in [0.15, 0.2) is 57.3 Å². The molecule has 0 saturated carbocycles. The van der Waals surface area contributed by atoms with E-state index >= 15 is 0 Å². The maximum absolute atomic E-state index is 13.9. The van der Waals surface area contributed by atoms with Crippen LogP contribution in [0, 0.1) is 0 Å². The second-order valence-electron chi connectivity index (χ2n) is 9.51.